The first-order chi connectivity index (χ1) is 7.16. The molecule has 76 valence electrons. The molecule has 1 heterocycles. The molecule has 2 N–H and O–H groups in total. The molecule has 0 fully saturated rings. The van der Waals surface area contributed by atoms with Crippen LogP contribution in [0.5, 0.6) is 0 Å². The van der Waals surface area contributed by atoms with Gasteiger partial charge in [-0.3, -0.25) is 0 Å². The van der Waals surface area contributed by atoms with Crippen molar-refractivity contribution in [3.8, 4) is 11.3 Å². The van der Waals surface area contributed by atoms with Crippen molar-refractivity contribution in [2.45, 2.75) is 6.92 Å². The van der Waals surface area contributed by atoms with Crippen LogP contribution in [-0.2, 0) is 0 Å². The van der Waals surface area contributed by atoms with Crippen LogP contribution in [-0.4, -0.2) is 16.1 Å². The minimum Gasteiger partial charge on any atom is -0.477 e. The second-order valence-electron chi connectivity index (χ2n) is 3.46. The molecule has 1 aromatic heterocycles. The number of aromatic nitrogens is 1. The third-order valence-electron chi connectivity index (χ3n) is 2.25. The molecule has 2 rings (SSSR count). The van der Waals surface area contributed by atoms with Crippen molar-refractivity contribution in [3.63, 3.8) is 0 Å². The lowest BCUT2D eigenvalue weighted by Crippen LogP contribution is -1.95. The molecule has 0 bridgehead atoms. The van der Waals surface area contributed by atoms with Crippen LogP contribution in [0.4, 0.5) is 0 Å². The van der Waals surface area contributed by atoms with Crippen LogP contribution in [0.2, 0.25) is 0 Å². The lowest BCUT2D eigenvalue weighted by Gasteiger charge is -1.99. The van der Waals surface area contributed by atoms with Crippen LogP contribution in [0, 0.1) is 6.92 Å². The summed E-state index contributed by atoms with van der Waals surface area (Å²) in [5, 5.41) is 8.77. The van der Waals surface area contributed by atoms with Crippen LogP contribution in [0.1, 0.15) is 16.1 Å². The molecular weight excluding hydrogens is 190 g/mol. The van der Waals surface area contributed by atoms with Gasteiger partial charge in [0.05, 0.1) is 0 Å². The zero-order valence-corrected chi connectivity index (χ0v) is 8.32. The first kappa shape index (κ1) is 9.52. The van der Waals surface area contributed by atoms with Gasteiger partial charge in [0, 0.05) is 5.69 Å². The van der Waals surface area contributed by atoms with Crippen molar-refractivity contribution in [1.82, 2.24) is 4.98 Å². The number of rotatable bonds is 2. The number of aryl methyl sites for hydroxylation is 1. The van der Waals surface area contributed by atoms with Crippen LogP contribution < -0.4 is 0 Å². The molecule has 0 spiro atoms. The van der Waals surface area contributed by atoms with E-state index in [2.05, 4.69) is 4.98 Å². The molecule has 2 aromatic rings. The van der Waals surface area contributed by atoms with Crippen molar-refractivity contribution in [1.29, 1.82) is 0 Å². The number of carbonyl (C=O) groups is 1. The molecule has 0 saturated carbocycles. The standard InChI is InChI=1S/C12H11NO2/c1-8-3-2-4-9(7-8)10-5-6-11(13-10)12(14)15/h2-7,13H,1H3,(H,14,15). The first-order valence-corrected chi connectivity index (χ1v) is 4.66. The summed E-state index contributed by atoms with van der Waals surface area (Å²) in [4.78, 5) is 13.5. The maximum absolute atomic E-state index is 10.7. The Labute approximate surface area is 87.4 Å². The molecule has 0 unspecified atom stereocenters. The van der Waals surface area contributed by atoms with E-state index in [1.165, 1.54) is 0 Å². The molecule has 15 heavy (non-hydrogen) atoms. The molecular formula is C12H11NO2. The van der Waals surface area contributed by atoms with Crippen molar-refractivity contribution in [2.24, 2.45) is 0 Å². The van der Waals surface area contributed by atoms with E-state index in [0.29, 0.717) is 0 Å². The summed E-state index contributed by atoms with van der Waals surface area (Å²) in [5.74, 6) is -0.936. The van der Waals surface area contributed by atoms with Crippen LogP contribution >= 0.6 is 0 Å². The van der Waals surface area contributed by atoms with Gasteiger partial charge in [0.25, 0.3) is 0 Å². The van der Waals surface area contributed by atoms with Gasteiger partial charge in [0.1, 0.15) is 5.69 Å². The Kier molecular flexibility index (Phi) is 2.29. The summed E-state index contributed by atoms with van der Waals surface area (Å²) in [5.41, 5.74) is 3.20. The van der Waals surface area contributed by atoms with Crippen LogP contribution in [0.15, 0.2) is 36.4 Å². The predicted octanol–water partition coefficient (Wildman–Crippen LogP) is 2.69. The number of aromatic carboxylic acids is 1. The van der Waals surface area contributed by atoms with Crippen molar-refractivity contribution in [3.05, 3.63) is 47.7 Å². The minimum atomic E-state index is -0.936. The maximum atomic E-state index is 10.7. The third-order valence-corrected chi connectivity index (χ3v) is 2.25. The fraction of sp³-hybridized carbons (Fsp3) is 0.0833. The van der Waals surface area contributed by atoms with E-state index < -0.39 is 5.97 Å². The molecule has 0 aliphatic rings. The first-order valence-electron chi connectivity index (χ1n) is 4.66. The van der Waals surface area contributed by atoms with Crippen LogP contribution in [0.3, 0.4) is 0 Å². The number of benzene rings is 1. The van der Waals surface area contributed by atoms with Gasteiger partial charge in [0.2, 0.25) is 0 Å². The summed E-state index contributed by atoms with van der Waals surface area (Å²) >= 11 is 0. The minimum absolute atomic E-state index is 0.214. The Hall–Kier alpha value is -2.03. The SMILES string of the molecule is Cc1cccc(-c2ccc(C(=O)O)[nH]2)c1. The Morgan fingerprint density at radius 2 is 2.07 bits per heavy atom. The number of hydrogen-bond donors (Lipinski definition) is 2. The highest BCUT2D eigenvalue weighted by molar-refractivity contribution is 5.86. The van der Waals surface area contributed by atoms with Gasteiger partial charge in [-0.05, 0) is 30.7 Å². The molecule has 0 saturated heterocycles. The predicted molar refractivity (Wildman–Crippen MR) is 57.9 cm³/mol. The van der Waals surface area contributed by atoms with Gasteiger partial charge in [0.15, 0.2) is 0 Å². The third kappa shape index (κ3) is 1.91. The Bertz CT molecular complexity index is 500. The highest BCUT2D eigenvalue weighted by Gasteiger charge is 2.06. The number of nitrogens with one attached hydrogen (secondary N) is 1. The van der Waals surface area contributed by atoms with E-state index in [-0.39, 0.29) is 5.69 Å². The summed E-state index contributed by atoms with van der Waals surface area (Å²) in [7, 11) is 0. The highest BCUT2D eigenvalue weighted by Crippen LogP contribution is 2.19. The van der Waals surface area contributed by atoms with Gasteiger partial charge in [-0.1, -0.05) is 23.8 Å². The number of carboxylic acid groups (broad SMARTS) is 1. The van der Waals surface area contributed by atoms with Gasteiger partial charge in [-0.15, -0.1) is 0 Å². The zero-order valence-electron chi connectivity index (χ0n) is 8.32. The summed E-state index contributed by atoms with van der Waals surface area (Å²) in [6.07, 6.45) is 0. The summed E-state index contributed by atoms with van der Waals surface area (Å²) in [6.45, 7) is 2.00. The number of aromatic amines is 1. The van der Waals surface area contributed by atoms with Crippen molar-refractivity contribution in [2.75, 3.05) is 0 Å². The molecule has 0 amide bonds. The Morgan fingerprint density at radius 1 is 1.27 bits per heavy atom. The molecule has 3 nitrogen and oxygen atoms in total. The monoisotopic (exact) mass is 201 g/mol. The average Bonchev–Trinajstić information content (AvgIpc) is 2.66. The lowest BCUT2D eigenvalue weighted by atomic mass is 10.1. The Balaban J connectivity index is 2.41. The van der Waals surface area contributed by atoms with Gasteiger partial charge in [-0.25, -0.2) is 4.79 Å². The fourth-order valence-electron chi connectivity index (χ4n) is 1.50. The van der Waals surface area contributed by atoms with Gasteiger partial charge < -0.3 is 10.1 Å². The number of hydrogen-bond acceptors (Lipinski definition) is 1. The number of carboxylic acids is 1. The van der Waals surface area contributed by atoms with E-state index >= 15 is 0 Å². The molecule has 0 atom stereocenters. The summed E-state index contributed by atoms with van der Waals surface area (Å²) < 4.78 is 0. The van der Waals surface area contributed by atoms with Crippen LogP contribution in [0.25, 0.3) is 11.3 Å². The quantitative estimate of drug-likeness (QED) is 0.784. The maximum Gasteiger partial charge on any atom is 0.352 e. The zero-order chi connectivity index (χ0) is 10.8. The largest absolute Gasteiger partial charge is 0.477 e. The van der Waals surface area contributed by atoms with Crippen molar-refractivity contribution >= 4 is 5.97 Å². The van der Waals surface area contributed by atoms with E-state index in [4.69, 9.17) is 5.11 Å². The second-order valence-corrected chi connectivity index (χ2v) is 3.46. The topological polar surface area (TPSA) is 53.1 Å². The van der Waals surface area contributed by atoms with Gasteiger partial charge in [-0.2, -0.15) is 0 Å². The van der Waals surface area contributed by atoms with E-state index in [9.17, 15) is 4.79 Å². The van der Waals surface area contributed by atoms with E-state index in [1.54, 1.807) is 12.1 Å². The molecule has 3 heteroatoms. The van der Waals surface area contributed by atoms with Crippen molar-refractivity contribution < 1.29 is 9.90 Å². The van der Waals surface area contributed by atoms with E-state index in [0.717, 1.165) is 16.8 Å². The lowest BCUT2D eigenvalue weighted by molar-refractivity contribution is 0.0691. The molecule has 0 radical (unpaired) electrons. The highest BCUT2D eigenvalue weighted by atomic mass is 16.4. The second kappa shape index (κ2) is 3.61. The molecule has 0 aliphatic carbocycles. The Morgan fingerprint density at radius 3 is 2.67 bits per heavy atom. The number of H-pyrrole nitrogens is 1. The smallest absolute Gasteiger partial charge is 0.352 e. The van der Waals surface area contributed by atoms with Gasteiger partial charge >= 0.3 is 5.97 Å². The summed E-state index contributed by atoms with van der Waals surface area (Å²) in [6, 6.07) is 11.3. The normalized spacial score (nSPS) is 10.2. The molecule has 0 aliphatic heterocycles. The van der Waals surface area contributed by atoms with E-state index in [1.807, 2.05) is 31.2 Å². The fourth-order valence-corrected chi connectivity index (χ4v) is 1.50. The molecule has 1 aromatic carbocycles. The average molecular weight is 201 g/mol.